The predicted molar refractivity (Wildman–Crippen MR) is 94.7 cm³/mol. The van der Waals surface area contributed by atoms with Crippen LogP contribution in [-0.4, -0.2) is 35.8 Å². The van der Waals surface area contributed by atoms with Gasteiger partial charge in [0.15, 0.2) is 0 Å². The number of aliphatic hydroxyl groups is 1. The Kier molecular flexibility index (Phi) is 7.11. The average molecular weight is 313 g/mol. The van der Waals surface area contributed by atoms with Crippen LogP contribution in [0, 0.1) is 6.92 Å². The second kappa shape index (κ2) is 9.33. The SMILES string of the molecule is CCCN(Cc1ccccc1C)C[C@@H](O)COc1ccccc1. The van der Waals surface area contributed by atoms with Gasteiger partial charge >= 0.3 is 0 Å². The first kappa shape index (κ1) is 17.5. The number of benzene rings is 2. The van der Waals surface area contributed by atoms with Gasteiger partial charge in [0.05, 0.1) is 0 Å². The van der Waals surface area contributed by atoms with Crippen molar-refractivity contribution in [2.45, 2.75) is 32.9 Å². The summed E-state index contributed by atoms with van der Waals surface area (Å²) < 4.78 is 5.64. The van der Waals surface area contributed by atoms with Crippen molar-refractivity contribution in [1.82, 2.24) is 4.90 Å². The first-order valence-corrected chi connectivity index (χ1v) is 8.31. The van der Waals surface area contributed by atoms with E-state index in [-0.39, 0.29) is 0 Å². The van der Waals surface area contributed by atoms with Gasteiger partial charge in [0.25, 0.3) is 0 Å². The van der Waals surface area contributed by atoms with E-state index in [1.807, 2.05) is 30.3 Å². The molecular weight excluding hydrogens is 286 g/mol. The first-order valence-electron chi connectivity index (χ1n) is 8.31. The van der Waals surface area contributed by atoms with E-state index < -0.39 is 6.10 Å². The van der Waals surface area contributed by atoms with Crippen LogP contribution < -0.4 is 4.74 Å². The van der Waals surface area contributed by atoms with E-state index in [0.29, 0.717) is 13.2 Å². The van der Waals surface area contributed by atoms with Gasteiger partial charge in [0, 0.05) is 13.1 Å². The highest BCUT2D eigenvalue weighted by atomic mass is 16.5. The molecule has 0 unspecified atom stereocenters. The zero-order valence-electron chi connectivity index (χ0n) is 14.1. The summed E-state index contributed by atoms with van der Waals surface area (Å²) in [5.74, 6) is 0.799. The summed E-state index contributed by atoms with van der Waals surface area (Å²) >= 11 is 0. The number of hydrogen-bond acceptors (Lipinski definition) is 3. The van der Waals surface area contributed by atoms with Gasteiger partial charge in [-0.1, -0.05) is 49.4 Å². The highest BCUT2D eigenvalue weighted by Gasteiger charge is 2.13. The fourth-order valence-electron chi connectivity index (χ4n) is 2.64. The molecule has 0 saturated heterocycles. The quantitative estimate of drug-likeness (QED) is 0.767. The van der Waals surface area contributed by atoms with Gasteiger partial charge < -0.3 is 9.84 Å². The maximum atomic E-state index is 10.3. The fraction of sp³-hybridized carbons (Fsp3) is 0.400. The molecule has 0 saturated carbocycles. The van der Waals surface area contributed by atoms with Crippen LogP contribution in [0.25, 0.3) is 0 Å². The standard InChI is InChI=1S/C20H27NO2/c1-3-13-21(14-18-10-8-7-9-17(18)2)15-19(22)16-23-20-11-5-4-6-12-20/h4-12,19,22H,3,13-16H2,1-2H3/t19-/m1/s1. The molecule has 3 heteroatoms. The Balaban J connectivity index is 1.87. The highest BCUT2D eigenvalue weighted by Crippen LogP contribution is 2.12. The lowest BCUT2D eigenvalue weighted by atomic mass is 10.1. The van der Waals surface area contributed by atoms with Crippen molar-refractivity contribution in [3.8, 4) is 5.75 Å². The van der Waals surface area contributed by atoms with Crippen LogP contribution >= 0.6 is 0 Å². The summed E-state index contributed by atoms with van der Waals surface area (Å²) in [6.45, 7) is 7.07. The van der Waals surface area contributed by atoms with Crippen LogP contribution in [0.4, 0.5) is 0 Å². The minimum Gasteiger partial charge on any atom is -0.491 e. The fourth-order valence-corrected chi connectivity index (χ4v) is 2.64. The highest BCUT2D eigenvalue weighted by molar-refractivity contribution is 5.25. The van der Waals surface area contributed by atoms with Crippen LogP contribution in [0.2, 0.25) is 0 Å². The third-order valence-corrected chi connectivity index (χ3v) is 3.85. The lowest BCUT2D eigenvalue weighted by Crippen LogP contribution is -2.36. The maximum Gasteiger partial charge on any atom is 0.119 e. The van der Waals surface area contributed by atoms with E-state index in [1.165, 1.54) is 11.1 Å². The number of para-hydroxylation sites is 1. The summed E-state index contributed by atoms with van der Waals surface area (Å²) in [4.78, 5) is 2.29. The van der Waals surface area contributed by atoms with Crippen LogP contribution in [0.3, 0.4) is 0 Å². The molecule has 0 aliphatic carbocycles. The molecule has 124 valence electrons. The van der Waals surface area contributed by atoms with Gasteiger partial charge in [0.1, 0.15) is 18.5 Å². The van der Waals surface area contributed by atoms with E-state index in [0.717, 1.165) is 25.3 Å². The summed E-state index contributed by atoms with van der Waals surface area (Å²) in [5, 5.41) is 10.3. The Hall–Kier alpha value is -1.84. The number of rotatable bonds is 9. The molecule has 1 N–H and O–H groups in total. The van der Waals surface area contributed by atoms with Crippen molar-refractivity contribution >= 4 is 0 Å². The van der Waals surface area contributed by atoms with Crippen LogP contribution in [0.15, 0.2) is 54.6 Å². The summed E-state index contributed by atoms with van der Waals surface area (Å²) in [6.07, 6.45) is 0.573. The molecule has 3 nitrogen and oxygen atoms in total. The van der Waals surface area contributed by atoms with Crippen molar-refractivity contribution in [3.05, 3.63) is 65.7 Å². The molecule has 0 spiro atoms. The monoisotopic (exact) mass is 313 g/mol. The molecule has 2 rings (SSSR count). The normalized spacial score (nSPS) is 12.3. The van der Waals surface area contributed by atoms with Crippen molar-refractivity contribution in [1.29, 1.82) is 0 Å². The molecule has 0 amide bonds. The zero-order valence-corrected chi connectivity index (χ0v) is 14.1. The number of aliphatic hydroxyl groups excluding tert-OH is 1. The topological polar surface area (TPSA) is 32.7 Å². The predicted octanol–water partition coefficient (Wildman–Crippen LogP) is 3.65. The molecule has 0 bridgehead atoms. The van der Waals surface area contributed by atoms with Crippen LogP contribution in [-0.2, 0) is 6.54 Å². The molecule has 0 fully saturated rings. The minimum absolute atomic E-state index is 0.317. The Morgan fingerprint density at radius 2 is 1.74 bits per heavy atom. The van der Waals surface area contributed by atoms with Crippen molar-refractivity contribution in [2.75, 3.05) is 19.7 Å². The number of ether oxygens (including phenoxy) is 1. The lowest BCUT2D eigenvalue weighted by Gasteiger charge is -2.25. The Morgan fingerprint density at radius 3 is 2.43 bits per heavy atom. The van der Waals surface area contributed by atoms with E-state index >= 15 is 0 Å². The van der Waals surface area contributed by atoms with Crippen molar-refractivity contribution in [3.63, 3.8) is 0 Å². The van der Waals surface area contributed by atoms with E-state index in [9.17, 15) is 5.11 Å². The maximum absolute atomic E-state index is 10.3. The third-order valence-electron chi connectivity index (χ3n) is 3.85. The molecule has 0 aliphatic rings. The van der Waals surface area contributed by atoms with Gasteiger partial charge in [-0.25, -0.2) is 0 Å². The van der Waals surface area contributed by atoms with E-state index in [4.69, 9.17) is 4.74 Å². The zero-order chi connectivity index (χ0) is 16.5. The molecule has 0 aromatic heterocycles. The van der Waals surface area contributed by atoms with Crippen LogP contribution in [0.5, 0.6) is 5.75 Å². The molecule has 1 atom stereocenters. The molecule has 0 heterocycles. The second-order valence-electron chi connectivity index (χ2n) is 5.94. The molecule has 2 aromatic carbocycles. The van der Waals surface area contributed by atoms with E-state index in [1.54, 1.807) is 0 Å². The Labute approximate surface area is 139 Å². The average Bonchev–Trinajstić information content (AvgIpc) is 2.56. The summed E-state index contributed by atoms with van der Waals surface area (Å²) in [6, 6.07) is 18.1. The van der Waals surface area contributed by atoms with Gasteiger partial charge in [-0.05, 0) is 43.1 Å². The summed E-state index contributed by atoms with van der Waals surface area (Å²) in [5.41, 5.74) is 2.61. The molecule has 0 radical (unpaired) electrons. The van der Waals surface area contributed by atoms with E-state index in [2.05, 4.69) is 43.0 Å². The van der Waals surface area contributed by atoms with Gasteiger partial charge in [-0.15, -0.1) is 0 Å². The largest absolute Gasteiger partial charge is 0.491 e. The Bertz CT molecular complexity index is 571. The van der Waals surface area contributed by atoms with Gasteiger partial charge in [-0.2, -0.15) is 0 Å². The molecule has 0 aliphatic heterocycles. The number of hydrogen-bond donors (Lipinski definition) is 1. The number of nitrogens with zero attached hydrogens (tertiary/aromatic N) is 1. The lowest BCUT2D eigenvalue weighted by molar-refractivity contribution is 0.0655. The van der Waals surface area contributed by atoms with Gasteiger partial charge in [0.2, 0.25) is 0 Å². The van der Waals surface area contributed by atoms with Crippen molar-refractivity contribution < 1.29 is 9.84 Å². The summed E-state index contributed by atoms with van der Waals surface area (Å²) in [7, 11) is 0. The minimum atomic E-state index is -0.495. The molecular formula is C20H27NO2. The van der Waals surface area contributed by atoms with Crippen molar-refractivity contribution in [2.24, 2.45) is 0 Å². The van der Waals surface area contributed by atoms with Gasteiger partial charge in [-0.3, -0.25) is 4.90 Å². The smallest absolute Gasteiger partial charge is 0.119 e. The Morgan fingerprint density at radius 1 is 1.04 bits per heavy atom. The van der Waals surface area contributed by atoms with Crippen LogP contribution in [0.1, 0.15) is 24.5 Å². The first-order chi connectivity index (χ1) is 11.2. The second-order valence-corrected chi connectivity index (χ2v) is 5.94. The number of aryl methyl sites for hydroxylation is 1. The molecule has 2 aromatic rings. The molecule has 23 heavy (non-hydrogen) atoms. The third kappa shape index (κ3) is 6.05.